The van der Waals surface area contributed by atoms with Gasteiger partial charge in [-0.05, 0) is 136 Å². The minimum atomic E-state index is 0.665. The number of nitrogens with zero attached hydrogens (tertiary/aromatic N) is 4. The second-order valence-corrected chi connectivity index (χ2v) is 19.7. The van der Waals surface area contributed by atoms with E-state index in [2.05, 4.69) is 107 Å². The van der Waals surface area contributed by atoms with E-state index in [1.807, 2.05) is 73.3 Å². The fourth-order valence-electron chi connectivity index (χ4n) is 9.15. The van der Waals surface area contributed by atoms with Crippen LogP contribution < -0.4 is 18.9 Å². The van der Waals surface area contributed by atoms with Crippen molar-refractivity contribution in [3.63, 3.8) is 0 Å². The molecule has 8 nitrogen and oxygen atoms in total. The molecule has 74 heavy (non-hydrogen) atoms. The normalized spacial score (nSPS) is 11.2. The van der Waals surface area contributed by atoms with Crippen molar-refractivity contribution in [3.8, 4) is 68.0 Å². The largest absolute Gasteiger partial charge is 0.494 e. The predicted molar refractivity (Wildman–Crippen MR) is 305 cm³/mol. The van der Waals surface area contributed by atoms with Crippen molar-refractivity contribution in [3.05, 3.63) is 157 Å². The first-order chi connectivity index (χ1) is 36.6. The number of benzene rings is 5. The monoisotopic (exact) mass is 995 g/mol. The summed E-state index contributed by atoms with van der Waals surface area (Å²) >= 11 is 0. The van der Waals surface area contributed by atoms with Gasteiger partial charge in [0.15, 0.2) is 23.1 Å². The van der Waals surface area contributed by atoms with Crippen molar-refractivity contribution in [1.82, 2.24) is 19.9 Å². The molecule has 0 unspecified atom stereocenters. The summed E-state index contributed by atoms with van der Waals surface area (Å²) in [5.41, 5.74) is 9.02. The zero-order chi connectivity index (χ0) is 51.1. The molecule has 0 aliphatic rings. The van der Waals surface area contributed by atoms with E-state index in [-0.39, 0.29) is 0 Å². The second-order valence-electron chi connectivity index (χ2n) is 19.7. The Bertz CT molecular complexity index is 2380. The van der Waals surface area contributed by atoms with Crippen LogP contribution in [0.5, 0.6) is 23.0 Å². The average molecular weight is 995 g/mol. The molecule has 0 saturated heterocycles. The third-order valence-electron chi connectivity index (χ3n) is 13.7. The number of hydrogen-bond donors (Lipinski definition) is 0. The van der Waals surface area contributed by atoms with Crippen LogP contribution in [-0.2, 0) is 12.8 Å². The summed E-state index contributed by atoms with van der Waals surface area (Å²) < 4.78 is 24.4. The maximum Gasteiger partial charge on any atom is 0.161 e. The minimum Gasteiger partial charge on any atom is -0.494 e. The lowest BCUT2D eigenvalue weighted by molar-refractivity contribution is 0.254. The zero-order valence-corrected chi connectivity index (χ0v) is 44.7. The van der Waals surface area contributed by atoms with E-state index in [0.29, 0.717) is 26.4 Å². The highest BCUT2D eigenvalue weighted by molar-refractivity contribution is 5.66. The molecule has 0 atom stereocenters. The Labute approximate surface area is 443 Å². The van der Waals surface area contributed by atoms with Gasteiger partial charge >= 0.3 is 0 Å². The van der Waals surface area contributed by atoms with Crippen molar-refractivity contribution < 1.29 is 18.9 Å². The molecule has 0 bridgehead atoms. The highest BCUT2D eigenvalue weighted by atomic mass is 16.5. The Balaban J connectivity index is 0.692. The molecule has 390 valence electrons. The standard InChI is InChI=1S/C66H82N4O4/c1-3-5-7-9-11-17-25-53-29-33-57(34-30-53)65-67-49-59(50-68-65)55-37-41-61(42-38-55)71-45-21-13-15-23-47-73-63-27-19-20-28-64(63)74-48-24-16-14-22-46-72-62-43-39-56(40-44-62)60-51-69-66(70-52-60)58-35-31-54(32-36-58)26-18-12-10-8-6-4-2/h19-20,27-44,49-52H,3-18,21-26,45-48H2,1-2H3. The lowest BCUT2D eigenvalue weighted by atomic mass is 10.0. The Hall–Kier alpha value is -6.54. The molecule has 0 aliphatic carbocycles. The molecule has 0 spiro atoms. The molecule has 0 N–H and O–H groups in total. The van der Waals surface area contributed by atoms with Crippen molar-refractivity contribution in [1.29, 1.82) is 0 Å². The quantitative estimate of drug-likeness (QED) is 0.0359. The van der Waals surface area contributed by atoms with Crippen LogP contribution >= 0.6 is 0 Å². The smallest absolute Gasteiger partial charge is 0.161 e. The van der Waals surface area contributed by atoms with Crippen molar-refractivity contribution >= 4 is 0 Å². The van der Waals surface area contributed by atoms with Crippen molar-refractivity contribution in [2.75, 3.05) is 26.4 Å². The number of aryl methyl sites for hydroxylation is 2. The van der Waals surface area contributed by atoms with Gasteiger partial charge in [0.25, 0.3) is 0 Å². The van der Waals surface area contributed by atoms with E-state index in [9.17, 15) is 0 Å². The fourth-order valence-corrected chi connectivity index (χ4v) is 9.15. The first-order valence-electron chi connectivity index (χ1n) is 28.3. The molecule has 0 radical (unpaired) electrons. The Kier molecular flexibility index (Phi) is 24.3. The Morgan fingerprint density at radius 1 is 0.284 bits per heavy atom. The van der Waals surface area contributed by atoms with E-state index in [1.54, 1.807) is 0 Å². The number of rotatable bonds is 36. The Morgan fingerprint density at radius 2 is 0.595 bits per heavy atom. The van der Waals surface area contributed by atoms with E-state index in [0.717, 1.165) is 132 Å². The predicted octanol–water partition coefficient (Wildman–Crippen LogP) is 17.8. The van der Waals surface area contributed by atoms with Crippen LogP contribution in [0, 0.1) is 0 Å². The summed E-state index contributed by atoms with van der Waals surface area (Å²) in [6, 6.07) is 41.9. The van der Waals surface area contributed by atoms with Gasteiger partial charge in [-0.15, -0.1) is 0 Å². The summed E-state index contributed by atoms with van der Waals surface area (Å²) in [6.07, 6.45) is 34.1. The van der Waals surface area contributed by atoms with Crippen LogP contribution in [0.15, 0.2) is 146 Å². The van der Waals surface area contributed by atoms with Crippen LogP contribution in [0.4, 0.5) is 0 Å². The second kappa shape index (κ2) is 32.6. The van der Waals surface area contributed by atoms with Gasteiger partial charge in [-0.2, -0.15) is 0 Å². The molecule has 7 aromatic rings. The maximum atomic E-state index is 6.16. The van der Waals surface area contributed by atoms with E-state index >= 15 is 0 Å². The third kappa shape index (κ3) is 19.4. The molecule has 8 heteroatoms. The van der Waals surface area contributed by atoms with Crippen molar-refractivity contribution in [2.24, 2.45) is 0 Å². The topological polar surface area (TPSA) is 88.5 Å². The summed E-state index contributed by atoms with van der Waals surface area (Å²) in [5, 5.41) is 0. The Morgan fingerprint density at radius 3 is 0.959 bits per heavy atom. The number of aromatic nitrogens is 4. The van der Waals surface area contributed by atoms with Crippen LogP contribution in [-0.4, -0.2) is 46.4 Å². The summed E-state index contributed by atoms with van der Waals surface area (Å²) in [4.78, 5) is 18.7. The molecule has 0 saturated carbocycles. The van der Waals surface area contributed by atoms with E-state index in [1.165, 1.54) is 88.2 Å². The van der Waals surface area contributed by atoms with E-state index in [4.69, 9.17) is 18.9 Å². The van der Waals surface area contributed by atoms with Gasteiger partial charge in [-0.3, -0.25) is 0 Å². The summed E-state index contributed by atoms with van der Waals surface area (Å²) in [7, 11) is 0. The SMILES string of the molecule is CCCCCCCCc1ccc(-c2ncc(-c3ccc(OCCCCCCOc4ccccc4OCCCCCCOc4ccc(-c5cnc(-c6ccc(CCCCCCCC)cc6)nc5)cc4)cc3)cn2)cc1. The lowest BCUT2D eigenvalue weighted by Crippen LogP contribution is -2.03. The molecule has 0 aliphatic heterocycles. The van der Waals surface area contributed by atoms with Crippen LogP contribution in [0.3, 0.4) is 0 Å². The van der Waals surface area contributed by atoms with Gasteiger partial charge < -0.3 is 18.9 Å². The van der Waals surface area contributed by atoms with Gasteiger partial charge in [0, 0.05) is 47.0 Å². The highest BCUT2D eigenvalue weighted by Gasteiger charge is 2.09. The fraction of sp³-hybridized carbons (Fsp3) is 0.424. The molecule has 2 heterocycles. The van der Waals surface area contributed by atoms with Crippen LogP contribution in [0.1, 0.15) is 153 Å². The summed E-state index contributed by atoms with van der Waals surface area (Å²) in [6.45, 7) is 7.24. The summed E-state index contributed by atoms with van der Waals surface area (Å²) in [5.74, 6) is 4.89. The first-order valence-corrected chi connectivity index (χ1v) is 28.3. The van der Waals surface area contributed by atoms with Crippen molar-refractivity contribution in [2.45, 2.75) is 155 Å². The van der Waals surface area contributed by atoms with Crippen LogP contribution in [0.2, 0.25) is 0 Å². The molecule has 0 amide bonds. The van der Waals surface area contributed by atoms with E-state index < -0.39 is 0 Å². The molecule has 7 rings (SSSR count). The molecule has 2 aromatic heterocycles. The van der Waals surface area contributed by atoms with Gasteiger partial charge in [-0.25, -0.2) is 19.9 Å². The average Bonchev–Trinajstić information content (AvgIpc) is 3.45. The maximum absolute atomic E-state index is 6.16. The molecule has 0 fully saturated rings. The number of hydrogen-bond acceptors (Lipinski definition) is 8. The number of para-hydroxylation sites is 2. The van der Waals surface area contributed by atoms with Crippen LogP contribution in [0.25, 0.3) is 45.0 Å². The molecule has 5 aromatic carbocycles. The van der Waals surface area contributed by atoms with Gasteiger partial charge in [0.05, 0.1) is 26.4 Å². The zero-order valence-electron chi connectivity index (χ0n) is 44.7. The van der Waals surface area contributed by atoms with Gasteiger partial charge in [0.1, 0.15) is 11.5 Å². The first kappa shape index (κ1) is 55.2. The third-order valence-corrected chi connectivity index (χ3v) is 13.7. The van der Waals surface area contributed by atoms with Gasteiger partial charge in [0.2, 0.25) is 0 Å². The number of ether oxygens (including phenoxy) is 4. The lowest BCUT2D eigenvalue weighted by Gasteiger charge is -2.13. The van der Waals surface area contributed by atoms with Gasteiger partial charge in [-0.1, -0.05) is 163 Å². The molecular formula is C66H82N4O4. The minimum absolute atomic E-state index is 0.665. The highest BCUT2D eigenvalue weighted by Crippen LogP contribution is 2.29. The molecular weight excluding hydrogens is 913 g/mol. The number of unbranched alkanes of at least 4 members (excludes halogenated alkanes) is 16.